The molecule has 0 aliphatic carbocycles. The molecule has 0 aliphatic rings. The Hall–Kier alpha value is -3.22. The van der Waals surface area contributed by atoms with Crippen molar-refractivity contribution in [3.05, 3.63) is 69.8 Å². The molecule has 0 aliphatic heterocycles. The Morgan fingerprint density at radius 2 is 1.76 bits per heavy atom. The molecule has 106 valence electrons. The van der Waals surface area contributed by atoms with Crippen LogP contribution < -0.4 is 4.74 Å². The zero-order valence-electron chi connectivity index (χ0n) is 10.7. The molecule has 2 aromatic carbocycles. The molecule has 0 unspecified atom stereocenters. The van der Waals surface area contributed by atoms with Crippen molar-refractivity contribution in [3.63, 3.8) is 0 Å². The van der Waals surface area contributed by atoms with Gasteiger partial charge in [-0.15, -0.1) is 0 Å². The number of carbonyl (C=O) groups excluding carboxylic acids is 1. The first kappa shape index (κ1) is 14.2. The van der Waals surface area contributed by atoms with Gasteiger partial charge in [0.05, 0.1) is 16.7 Å². The molecule has 0 atom stereocenters. The number of carbonyl (C=O) groups is 1. The van der Waals surface area contributed by atoms with E-state index in [1.54, 1.807) is 24.3 Å². The molecular formula is C14H10N2O5. The summed E-state index contributed by atoms with van der Waals surface area (Å²) in [6.07, 6.45) is 1.24. The summed E-state index contributed by atoms with van der Waals surface area (Å²) in [6.45, 7) is 0. The van der Waals surface area contributed by atoms with E-state index < -0.39 is 10.9 Å². The van der Waals surface area contributed by atoms with E-state index in [4.69, 9.17) is 9.94 Å². The Balaban J connectivity index is 2.08. The number of benzene rings is 2. The fraction of sp³-hybridized carbons (Fsp3) is 0. The van der Waals surface area contributed by atoms with Gasteiger partial charge in [-0.1, -0.05) is 5.16 Å². The maximum atomic E-state index is 11.8. The normalized spacial score (nSPS) is 10.5. The van der Waals surface area contributed by atoms with E-state index in [1.165, 1.54) is 30.5 Å². The van der Waals surface area contributed by atoms with Crippen LogP contribution in [0.3, 0.4) is 0 Å². The van der Waals surface area contributed by atoms with Crippen molar-refractivity contribution in [2.24, 2.45) is 5.16 Å². The van der Waals surface area contributed by atoms with E-state index in [2.05, 4.69) is 5.16 Å². The second kappa shape index (κ2) is 6.29. The van der Waals surface area contributed by atoms with Crippen molar-refractivity contribution in [3.8, 4) is 5.75 Å². The zero-order chi connectivity index (χ0) is 15.2. The number of nitrogens with zero attached hydrogens (tertiary/aromatic N) is 2. The largest absolute Gasteiger partial charge is 0.423 e. The highest BCUT2D eigenvalue weighted by molar-refractivity contribution is 5.91. The van der Waals surface area contributed by atoms with Crippen LogP contribution in [0.4, 0.5) is 5.69 Å². The first-order chi connectivity index (χ1) is 10.1. The quantitative estimate of drug-likeness (QED) is 0.232. The standard InChI is InChI=1S/C14H10N2O5/c17-14(11-3-5-12(6-4-11)16(19)20)21-13-7-1-10(2-8-13)9-15-18/h1-9,18H. The van der Waals surface area contributed by atoms with Gasteiger partial charge in [-0.2, -0.15) is 0 Å². The topological polar surface area (TPSA) is 102 Å². The summed E-state index contributed by atoms with van der Waals surface area (Å²) in [4.78, 5) is 21.8. The van der Waals surface area contributed by atoms with Crippen LogP contribution >= 0.6 is 0 Å². The van der Waals surface area contributed by atoms with E-state index in [0.29, 0.717) is 11.3 Å². The first-order valence-corrected chi connectivity index (χ1v) is 5.84. The Morgan fingerprint density at radius 1 is 1.14 bits per heavy atom. The van der Waals surface area contributed by atoms with Gasteiger partial charge in [0.15, 0.2) is 0 Å². The number of non-ortho nitro benzene ring substituents is 1. The third-order valence-electron chi connectivity index (χ3n) is 2.61. The average Bonchev–Trinajstić information content (AvgIpc) is 2.49. The van der Waals surface area contributed by atoms with Gasteiger partial charge in [0.1, 0.15) is 5.75 Å². The van der Waals surface area contributed by atoms with E-state index in [-0.39, 0.29) is 11.3 Å². The number of rotatable bonds is 4. The smallest absolute Gasteiger partial charge is 0.343 e. The maximum absolute atomic E-state index is 11.8. The minimum Gasteiger partial charge on any atom is -0.423 e. The molecular weight excluding hydrogens is 276 g/mol. The molecule has 0 fully saturated rings. The minimum absolute atomic E-state index is 0.0980. The Labute approximate surface area is 119 Å². The van der Waals surface area contributed by atoms with Crippen LogP contribution in [0.5, 0.6) is 5.75 Å². The van der Waals surface area contributed by atoms with Crippen LogP contribution in [0.15, 0.2) is 53.7 Å². The van der Waals surface area contributed by atoms with E-state index >= 15 is 0 Å². The minimum atomic E-state index is -0.617. The highest BCUT2D eigenvalue weighted by Gasteiger charge is 2.11. The fourth-order valence-corrected chi connectivity index (χ4v) is 1.57. The van der Waals surface area contributed by atoms with Gasteiger partial charge in [0.2, 0.25) is 0 Å². The van der Waals surface area contributed by atoms with Gasteiger partial charge in [-0.25, -0.2) is 4.79 Å². The monoisotopic (exact) mass is 286 g/mol. The average molecular weight is 286 g/mol. The lowest BCUT2D eigenvalue weighted by Crippen LogP contribution is -2.08. The SMILES string of the molecule is O=C(Oc1ccc(C=NO)cc1)c1ccc([N+](=O)[O-])cc1. The van der Waals surface area contributed by atoms with Crippen LogP contribution in [-0.4, -0.2) is 22.3 Å². The summed E-state index contributed by atoms with van der Waals surface area (Å²) in [5, 5.41) is 21.8. The fourth-order valence-electron chi connectivity index (χ4n) is 1.57. The highest BCUT2D eigenvalue weighted by atomic mass is 16.6. The van der Waals surface area contributed by atoms with Gasteiger partial charge in [0.25, 0.3) is 5.69 Å². The second-order valence-electron chi connectivity index (χ2n) is 4.01. The number of nitro groups is 1. The Kier molecular flexibility index (Phi) is 4.25. The van der Waals surface area contributed by atoms with Crippen molar-refractivity contribution in [2.75, 3.05) is 0 Å². The number of ether oxygens (including phenoxy) is 1. The number of hydrogen-bond acceptors (Lipinski definition) is 6. The number of hydrogen-bond donors (Lipinski definition) is 1. The molecule has 0 heterocycles. The van der Waals surface area contributed by atoms with Crippen LogP contribution in [-0.2, 0) is 0 Å². The number of nitro benzene ring substituents is 1. The zero-order valence-corrected chi connectivity index (χ0v) is 10.7. The van der Waals surface area contributed by atoms with E-state index in [0.717, 1.165) is 0 Å². The van der Waals surface area contributed by atoms with Crippen LogP contribution in [0.25, 0.3) is 0 Å². The molecule has 0 aromatic heterocycles. The molecule has 7 nitrogen and oxygen atoms in total. The maximum Gasteiger partial charge on any atom is 0.343 e. The molecule has 7 heteroatoms. The van der Waals surface area contributed by atoms with E-state index in [9.17, 15) is 14.9 Å². The molecule has 0 radical (unpaired) electrons. The molecule has 0 bridgehead atoms. The van der Waals surface area contributed by atoms with Gasteiger partial charge in [0, 0.05) is 12.1 Å². The summed E-state index contributed by atoms with van der Waals surface area (Å²) in [5.41, 5.74) is 0.758. The highest BCUT2D eigenvalue weighted by Crippen LogP contribution is 2.16. The van der Waals surface area contributed by atoms with Crippen LogP contribution in [0.1, 0.15) is 15.9 Å². The van der Waals surface area contributed by atoms with Gasteiger partial charge in [-0.05, 0) is 42.0 Å². The van der Waals surface area contributed by atoms with Gasteiger partial charge >= 0.3 is 5.97 Å². The predicted octanol–water partition coefficient (Wildman–Crippen LogP) is 2.62. The van der Waals surface area contributed by atoms with Crippen molar-refractivity contribution < 1.29 is 19.7 Å². The van der Waals surface area contributed by atoms with Crippen molar-refractivity contribution in [1.29, 1.82) is 0 Å². The molecule has 0 amide bonds. The molecule has 2 rings (SSSR count). The molecule has 0 saturated heterocycles. The lowest BCUT2D eigenvalue weighted by Gasteiger charge is -2.04. The lowest BCUT2D eigenvalue weighted by atomic mass is 10.2. The molecule has 21 heavy (non-hydrogen) atoms. The van der Waals surface area contributed by atoms with Crippen LogP contribution in [0.2, 0.25) is 0 Å². The third kappa shape index (κ3) is 3.63. The predicted molar refractivity (Wildman–Crippen MR) is 73.9 cm³/mol. The summed E-state index contributed by atoms with van der Waals surface area (Å²) in [6, 6.07) is 11.4. The van der Waals surface area contributed by atoms with E-state index in [1.807, 2.05) is 0 Å². The van der Waals surface area contributed by atoms with Gasteiger partial charge < -0.3 is 9.94 Å². The summed E-state index contributed by atoms with van der Waals surface area (Å²) >= 11 is 0. The Morgan fingerprint density at radius 3 is 2.29 bits per heavy atom. The lowest BCUT2D eigenvalue weighted by molar-refractivity contribution is -0.384. The Bertz CT molecular complexity index is 678. The molecule has 2 aromatic rings. The van der Waals surface area contributed by atoms with Gasteiger partial charge in [-0.3, -0.25) is 10.1 Å². The number of esters is 1. The number of oxime groups is 1. The second-order valence-corrected chi connectivity index (χ2v) is 4.01. The van der Waals surface area contributed by atoms with Crippen molar-refractivity contribution >= 4 is 17.9 Å². The first-order valence-electron chi connectivity index (χ1n) is 5.84. The van der Waals surface area contributed by atoms with Crippen molar-refractivity contribution in [2.45, 2.75) is 0 Å². The summed E-state index contributed by atoms with van der Waals surface area (Å²) in [7, 11) is 0. The van der Waals surface area contributed by atoms with Crippen LogP contribution in [0, 0.1) is 10.1 Å². The summed E-state index contributed by atoms with van der Waals surface area (Å²) < 4.78 is 5.12. The molecule has 0 spiro atoms. The molecule has 1 N–H and O–H groups in total. The third-order valence-corrected chi connectivity index (χ3v) is 2.61. The van der Waals surface area contributed by atoms with Crippen molar-refractivity contribution in [1.82, 2.24) is 0 Å². The summed E-state index contributed by atoms with van der Waals surface area (Å²) in [5.74, 6) is -0.304. The molecule has 0 saturated carbocycles.